The van der Waals surface area contributed by atoms with Gasteiger partial charge in [0.05, 0.1) is 15.5 Å². The predicted molar refractivity (Wildman–Crippen MR) is 82.8 cm³/mol. The highest BCUT2D eigenvalue weighted by atomic mass is 79.9. The Bertz CT molecular complexity index is 880. The molecule has 0 radical (unpaired) electrons. The van der Waals surface area contributed by atoms with Gasteiger partial charge in [0.15, 0.2) is 0 Å². The number of hydrogen-bond acceptors (Lipinski definition) is 4. The number of rotatable bonds is 4. The smallest absolute Gasteiger partial charge is 0.261 e. The molecular formula is C12H11BrN2O4S2. The minimum atomic E-state index is -3.97. The van der Waals surface area contributed by atoms with E-state index in [-0.39, 0.29) is 9.79 Å². The van der Waals surface area contributed by atoms with Gasteiger partial charge < -0.3 is 0 Å². The molecule has 21 heavy (non-hydrogen) atoms. The van der Waals surface area contributed by atoms with Crippen LogP contribution in [0.15, 0.2) is 62.8 Å². The van der Waals surface area contributed by atoms with Crippen molar-refractivity contribution in [3.8, 4) is 0 Å². The molecule has 9 heteroatoms. The van der Waals surface area contributed by atoms with Crippen molar-refractivity contribution in [3.05, 3.63) is 53.0 Å². The fraction of sp³-hybridized carbons (Fsp3) is 0. The van der Waals surface area contributed by atoms with Crippen LogP contribution in [0.25, 0.3) is 0 Å². The highest BCUT2D eigenvalue weighted by Gasteiger charge is 2.18. The van der Waals surface area contributed by atoms with Crippen LogP contribution in [0.1, 0.15) is 0 Å². The number of para-hydroxylation sites is 1. The first-order valence-electron chi connectivity index (χ1n) is 5.60. The van der Waals surface area contributed by atoms with Gasteiger partial charge in [-0.1, -0.05) is 18.2 Å². The van der Waals surface area contributed by atoms with Crippen molar-refractivity contribution in [1.29, 1.82) is 0 Å². The standard InChI is InChI=1S/C12H11BrN2O4S2/c13-11-6-1-2-7-12(11)15-21(18,19)10-5-3-4-9(8-10)20(14,16)17/h1-8,15H,(H2,14,16,17). The van der Waals surface area contributed by atoms with Gasteiger partial charge in [0.1, 0.15) is 0 Å². The molecule has 0 amide bonds. The van der Waals surface area contributed by atoms with E-state index in [0.717, 1.165) is 6.07 Å². The fourth-order valence-corrected chi connectivity index (χ4v) is 3.84. The topological polar surface area (TPSA) is 106 Å². The molecule has 0 fully saturated rings. The van der Waals surface area contributed by atoms with Crippen LogP contribution in [0.3, 0.4) is 0 Å². The van der Waals surface area contributed by atoms with Crippen LogP contribution in [0.2, 0.25) is 0 Å². The number of hydrogen-bond donors (Lipinski definition) is 2. The summed E-state index contributed by atoms with van der Waals surface area (Å²) < 4.78 is 50.0. The zero-order valence-electron chi connectivity index (χ0n) is 10.5. The number of sulfonamides is 2. The van der Waals surface area contributed by atoms with E-state index in [4.69, 9.17) is 5.14 Å². The summed E-state index contributed by atoms with van der Waals surface area (Å²) in [6.07, 6.45) is 0. The first-order valence-corrected chi connectivity index (χ1v) is 9.42. The van der Waals surface area contributed by atoms with E-state index in [1.54, 1.807) is 24.3 Å². The summed E-state index contributed by atoms with van der Waals surface area (Å²) in [5, 5.41) is 5.00. The number of nitrogens with two attached hydrogens (primary N) is 1. The number of nitrogens with one attached hydrogen (secondary N) is 1. The Balaban J connectivity index is 2.44. The molecule has 2 aromatic carbocycles. The zero-order chi connectivity index (χ0) is 15.7. The van der Waals surface area contributed by atoms with Crippen LogP contribution in [0.5, 0.6) is 0 Å². The SMILES string of the molecule is NS(=O)(=O)c1cccc(S(=O)(=O)Nc2ccccc2Br)c1. The molecule has 0 spiro atoms. The molecule has 0 aliphatic rings. The second kappa shape index (κ2) is 5.76. The number of primary sulfonamides is 1. The van der Waals surface area contributed by atoms with Gasteiger partial charge in [-0.25, -0.2) is 22.0 Å². The normalized spacial score (nSPS) is 12.1. The first kappa shape index (κ1) is 16.0. The van der Waals surface area contributed by atoms with Crippen molar-refractivity contribution in [2.24, 2.45) is 5.14 Å². The Hall–Kier alpha value is -1.42. The molecule has 0 aromatic heterocycles. The Morgan fingerprint density at radius 3 is 2.14 bits per heavy atom. The Labute approximate surface area is 131 Å². The van der Waals surface area contributed by atoms with Gasteiger partial charge in [-0.15, -0.1) is 0 Å². The molecule has 0 aliphatic carbocycles. The van der Waals surface area contributed by atoms with Gasteiger partial charge in [-0.05, 0) is 46.3 Å². The second-order valence-electron chi connectivity index (χ2n) is 4.11. The van der Waals surface area contributed by atoms with Crippen LogP contribution < -0.4 is 9.86 Å². The third-order valence-electron chi connectivity index (χ3n) is 2.56. The summed E-state index contributed by atoms with van der Waals surface area (Å²) in [5.41, 5.74) is 0.346. The number of benzene rings is 2. The summed E-state index contributed by atoms with van der Waals surface area (Å²) in [6.45, 7) is 0. The maximum Gasteiger partial charge on any atom is 0.261 e. The van der Waals surface area contributed by atoms with E-state index < -0.39 is 20.0 Å². The van der Waals surface area contributed by atoms with Gasteiger partial charge in [-0.3, -0.25) is 4.72 Å². The largest absolute Gasteiger partial charge is 0.278 e. The van der Waals surface area contributed by atoms with Gasteiger partial charge >= 0.3 is 0 Å². The Kier molecular flexibility index (Phi) is 4.38. The van der Waals surface area contributed by atoms with E-state index in [0.29, 0.717) is 10.2 Å². The predicted octanol–water partition coefficient (Wildman–Crippen LogP) is 1.90. The van der Waals surface area contributed by atoms with Crippen molar-refractivity contribution in [2.75, 3.05) is 4.72 Å². The zero-order valence-corrected chi connectivity index (χ0v) is 13.7. The summed E-state index contributed by atoms with van der Waals surface area (Å²) in [6, 6.07) is 11.5. The van der Waals surface area contributed by atoms with Crippen molar-refractivity contribution < 1.29 is 16.8 Å². The monoisotopic (exact) mass is 390 g/mol. The van der Waals surface area contributed by atoms with Gasteiger partial charge in [0, 0.05) is 4.47 Å². The molecule has 3 N–H and O–H groups in total. The average molecular weight is 391 g/mol. The van der Waals surface area contributed by atoms with E-state index in [1.165, 1.54) is 18.2 Å². The van der Waals surface area contributed by atoms with Crippen molar-refractivity contribution in [2.45, 2.75) is 9.79 Å². The van der Waals surface area contributed by atoms with Crippen molar-refractivity contribution in [3.63, 3.8) is 0 Å². The Morgan fingerprint density at radius 1 is 0.905 bits per heavy atom. The molecule has 0 atom stereocenters. The fourth-order valence-electron chi connectivity index (χ4n) is 1.57. The minimum Gasteiger partial charge on any atom is -0.278 e. The molecule has 0 saturated heterocycles. The molecule has 6 nitrogen and oxygen atoms in total. The van der Waals surface area contributed by atoms with Gasteiger partial charge in [-0.2, -0.15) is 0 Å². The van der Waals surface area contributed by atoms with Crippen molar-refractivity contribution >= 4 is 41.7 Å². The van der Waals surface area contributed by atoms with Crippen LogP contribution >= 0.6 is 15.9 Å². The summed E-state index contributed by atoms with van der Waals surface area (Å²) >= 11 is 3.22. The quantitative estimate of drug-likeness (QED) is 0.830. The maximum absolute atomic E-state index is 12.3. The van der Waals surface area contributed by atoms with Gasteiger partial charge in [0.2, 0.25) is 10.0 Å². The minimum absolute atomic E-state index is 0.190. The lowest BCUT2D eigenvalue weighted by Gasteiger charge is -2.10. The molecule has 2 rings (SSSR count). The number of anilines is 1. The summed E-state index contributed by atoms with van der Waals surface area (Å²) in [7, 11) is -7.89. The lowest BCUT2D eigenvalue weighted by Crippen LogP contribution is -2.16. The highest BCUT2D eigenvalue weighted by Crippen LogP contribution is 2.25. The molecule has 0 heterocycles. The maximum atomic E-state index is 12.3. The highest BCUT2D eigenvalue weighted by molar-refractivity contribution is 9.10. The van der Waals surface area contributed by atoms with Crippen LogP contribution in [-0.2, 0) is 20.0 Å². The molecule has 0 unspecified atom stereocenters. The van der Waals surface area contributed by atoms with Crippen molar-refractivity contribution in [1.82, 2.24) is 0 Å². The molecule has 2 aromatic rings. The van der Waals surface area contributed by atoms with Crippen LogP contribution in [0.4, 0.5) is 5.69 Å². The molecule has 0 saturated carbocycles. The molecule has 0 aliphatic heterocycles. The van der Waals surface area contributed by atoms with Gasteiger partial charge in [0.25, 0.3) is 10.0 Å². The third-order valence-corrected chi connectivity index (χ3v) is 5.53. The van der Waals surface area contributed by atoms with E-state index in [9.17, 15) is 16.8 Å². The molecule has 0 bridgehead atoms. The first-order chi connectivity index (χ1) is 9.70. The third kappa shape index (κ3) is 3.82. The van der Waals surface area contributed by atoms with E-state index >= 15 is 0 Å². The molecular weight excluding hydrogens is 380 g/mol. The Morgan fingerprint density at radius 2 is 1.52 bits per heavy atom. The average Bonchev–Trinajstić information content (AvgIpc) is 2.40. The summed E-state index contributed by atoms with van der Waals surface area (Å²) in [4.78, 5) is -0.456. The second-order valence-corrected chi connectivity index (χ2v) is 8.20. The van der Waals surface area contributed by atoms with Crippen LogP contribution in [0, 0.1) is 0 Å². The lowest BCUT2D eigenvalue weighted by atomic mass is 10.3. The van der Waals surface area contributed by atoms with E-state index in [1.807, 2.05) is 0 Å². The molecule has 112 valence electrons. The lowest BCUT2D eigenvalue weighted by molar-refractivity contribution is 0.597. The van der Waals surface area contributed by atoms with Crippen LogP contribution in [-0.4, -0.2) is 16.8 Å². The summed E-state index contributed by atoms with van der Waals surface area (Å²) in [5.74, 6) is 0. The van der Waals surface area contributed by atoms with E-state index in [2.05, 4.69) is 20.7 Å². The number of halogens is 1.